The average molecular weight is 459 g/mol. The van der Waals surface area contributed by atoms with Crippen LogP contribution in [0.2, 0.25) is 0 Å². The summed E-state index contributed by atoms with van der Waals surface area (Å²) in [4.78, 5) is 14.1. The van der Waals surface area contributed by atoms with Crippen molar-refractivity contribution in [1.29, 1.82) is 0 Å². The Morgan fingerprint density at radius 2 is 1.85 bits per heavy atom. The molecule has 0 radical (unpaired) electrons. The minimum atomic E-state index is -0.212. The van der Waals surface area contributed by atoms with E-state index >= 15 is 0 Å². The molecule has 2 aromatic carbocycles. The van der Waals surface area contributed by atoms with Crippen LogP contribution in [-0.4, -0.2) is 32.6 Å². The van der Waals surface area contributed by atoms with Crippen molar-refractivity contribution in [3.8, 4) is 0 Å². The summed E-state index contributed by atoms with van der Waals surface area (Å²) in [5.74, 6) is 0.658. The number of hydrogen-bond donors (Lipinski definition) is 0. The summed E-state index contributed by atoms with van der Waals surface area (Å²) in [6, 6.07) is 16.0. The highest BCUT2D eigenvalue weighted by molar-refractivity contribution is 9.10. The van der Waals surface area contributed by atoms with Gasteiger partial charge in [0.15, 0.2) is 0 Å². The third-order valence-electron chi connectivity index (χ3n) is 4.14. The van der Waals surface area contributed by atoms with E-state index in [0.717, 1.165) is 21.3 Å². The topological polar surface area (TPSA) is 60.1 Å². The molecule has 1 aliphatic heterocycles. The third-order valence-corrected chi connectivity index (χ3v) is 6.35. The molecule has 0 saturated carbocycles. The molecule has 0 aliphatic carbocycles. The second-order valence-electron chi connectivity index (χ2n) is 5.91. The zero-order chi connectivity index (χ0) is 18.8. The number of halogens is 1. The van der Waals surface area contributed by atoms with Crippen LogP contribution in [0.4, 0.5) is 0 Å². The molecule has 0 N–H and O–H groups in total. The molecule has 0 atom stereocenters. The van der Waals surface area contributed by atoms with Gasteiger partial charge in [0.2, 0.25) is 5.16 Å². The number of rotatable bonds is 4. The molecule has 0 amide bonds. The molecule has 2 heterocycles. The normalized spacial score (nSPS) is 13.2. The maximum atomic E-state index is 12.9. The highest BCUT2D eigenvalue weighted by atomic mass is 79.9. The van der Waals surface area contributed by atoms with E-state index in [1.165, 1.54) is 21.3 Å². The first kappa shape index (κ1) is 18.5. The van der Waals surface area contributed by atoms with E-state index in [9.17, 15) is 4.79 Å². The molecule has 3 aromatic rings. The highest BCUT2D eigenvalue weighted by Crippen LogP contribution is 2.22. The third kappa shape index (κ3) is 4.02. The van der Waals surface area contributed by atoms with Gasteiger partial charge in [0, 0.05) is 21.5 Å². The number of aromatic nitrogens is 3. The Balaban J connectivity index is 1.67. The lowest BCUT2D eigenvalue weighted by Crippen LogP contribution is -2.29. The lowest BCUT2D eigenvalue weighted by molar-refractivity contribution is 0.622. The van der Waals surface area contributed by atoms with Crippen LogP contribution < -0.4 is 5.56 Å². The van der Waals surface area contributed by atoms with Crippen LogP contribution in [0.25, 0.3) is 0 Å². The molecule has 0 fully saturated rings. The van der Waals surface area contributed by atoms with Gasteiger partial charge in [0.25, 0.3) is 5.56 Å². The fourth-order valence-electron chi connectivity index (χ4n) is 2.69. The van der Waals surface area contributed by atoms with Crippen LogP contribution in [0.5, 0.6) is 0 Å². The SMILES string of the molecule is CSc1ccc(Cc2nnc3n(c2=O)N=C(c2ccc(Br)cc2)CS3)cc1. The number of fused-ring (bicyclic) bond motifs is 1. The van der Waals surface area contributed by atoms with Crippen LogP contribution >= 0.6 is 39.5 Å². The monoisotopic (exact) mass is 458 g/mol. The van der Waals surface area contributed by atoms with Gasteiger partial charge in [-0.05, 0) is 41.6 Å². The Bertz CT molecular complexity index is 1060. The zero-order valence-corrected chi connectivity index (χ0v) is 17.6. The van der Waals surface area contributed by atoms with Crippen molar-refractivity contribution in [2.24, 2.45) is 5.10 Å². The summed E-state index contributed by atoms with van der Waals surface area (Å²) in [6.45, 7) is 0. The van der Waals surface area contributed by atoms with E-state index in [2.05, 4.69) is 31.2 Å². The lowest BCUT2D eigenvalue weighted by atomic mass is 10.1. The second kappa shape index (κ2) is 8.00. The Hall–Kier alpha value is -1.90. The van der Waals surface area contributed by atoms with Gasteiger partial charge in [-0.2, -0.15) is 9.78 Å². The van der Waals surface area contributed by atoms with E-state index in [-0.39, 0.29) is 5.56 Å². The standard InChI is InChI=1S/C19H15BrN4OS2/c1-26-15-8-2-12(3-9-15)10-16-18(25)24-19(22-21-16)27-11-17(23-24)13-4-6-14(20)7-5-13/h2-9H,10-11H2,1H3. The molecule has 5 nitrogen and oxygen atoms in total. The van der Waals surface area contributed by atoms with E-state index < -0.39 is 0 Å². The zero-order valence-electron chi connectivity index (χ0n) is 14.4. The number of benzene rings is 2. The quantitative estimate of drug-likeness (QED) is 0.551. The maximum Gasteiger partial charge on any atom is 0.297 e. The van der Waals surface area contributed by atoms with Gasteiger partial charge in [-0.15, -0.1) is 22.0 Å². The average Bonchev–Trinajstić information content (AvgIpc) is 2.71. The molecule has 0 bridgehead atoms. The molecular formula is C19H15BrN4OS2. The minimum absolute atomic E-state index is 0.212. The van der Waals surface area contributed by atoms with Crippen LogP contribution in [0.3, 0.4) is 0 Å². The smallest absolute Gasteiger partial charge is 0.265 e. The van der Waals surface area contributed by atoms with Gasteiger partial charge in [-0.25, -0.2) is 0 Å². The molecule has 0 unspecified atom stereocenters. The van der Waals surface area contributed by atoms with Gasteiger partial charge >= 0.3 is 0 Å². The van der Waals surface area contributed by atoms with Crippen molar-refractivity contribution >= 4 is 45.2 Å². The van der Waals surface area contributed by atoms with Crippen LogP contribution in [0, 0.1) is 0 Å². The summed E-state index contributed by atoms with van der Waals surface area (Å²) in [6.07, 6.45) is 2.48. The molecule has 8 heteroatoms. The van der Waals surface area contributed by atoms with Gasteiger partial charge < -0.3 is 0 Å². The lowest BCUT2D eigenvalue weighted by Gasteiger charge is -2.15. The molecular weight excluding hydrogens is 444 g/mol. The first-order valence-corrected chi connectivity index (χ1v) is 11.2. The molecule has 0 spiro atoms. The summed E-state index contributed by atoms with van der Waals surface area (Å²) < 4.78 is 2.39. The molecule has 27 heavy (non-hydrogen) atoms. The number of nitrogens with zero attached hydrogens (tertiary/aromatic N) is 4. The van der Waals surface area contributed by atoms with E-state index in [1.807, 2.05) is 54.8 Å². The van der Waals surface area contributed by atoms with Crippen molar-refractivity contribution in [3.63, 3.8) is 0 Å². The van der Waals surface area contributed by atoms with Crippen molar-refractivity contribution in [2.75, 3.05) is 12.0 Å². The van der Waals surface area contributed by atoms with Crippen molar-refractivity contribution < 1.29 is 0 Å². The van der Waals surface area contributed by atoms with Crippen molar-refractivity contribution in [1.82, 2.24) is 14.9 Å². The van der Waals surface area contributed by atoms with Gasteiger partial charge in [0.05, 0.1) is 5.71 Å². The van der Waals surface area contributed by atoms with Gasteiger partial charge in [-0.1, -0.05) is 52.0 Å². The van der Waals surface area contributed by atoms with Crippen LogP contribution in [-0.2, 0) is 6.42 Å². The Morgan fingerprint density at radius 1 is 1.11 bits per heavy atom. The first-order chi connectivity index (χ1) is 13.1. The van der Waals surface area contributed by atoms with Crippen LogP contribution in [0.15, 0.2) is 73.0 Å². The number of hydrogen-bond acceptors (Lipinski definition) is 6. The van der Waals surface area contributed by atoms with Crippen molar-refractivity contribution in [2.45, 2.75) is 16.5 Å². The Kier molecular flexibility index (Phi) is 5.47. The van der Waals surface area contributed by atoms with Crippen LogP contribution in [0.1, 0.15) is 16.8 Å². The molecule has 136 valence electrons. The number of thioether (sulfide) groups is 2. The van der Waals surface area contributed by atoms with E-state index in [0.29, 0.717) is 23.0 Å². The van der Waals surface area contributed by atoms with Crippen molar-refractivity contribution in [3.05, 3.63) is 80.2 Å². The Labute approximate surface area is 173 Å². The Morgan fingerprint density at radius 3 is 2.56 bits per heavy atom. The highest BCUT2D eigenvalue weighted by Gasteiger charge is 2.19. The predicted octanol–water partition coefficient (Wildman–Crippen LogP) is 4.07. The summed E-state index contributed by atoms with van der Waals surface area (Å²) in [5, 5.41) is 13.4. The first-order valence-electron chi connectivity index (χ1n) is 8.22. The summed E-state index contributed by atoms with van der Waals surface area (Å²) in [7, 11) is 0. The largest absolute Gasteiger partial charge is 0.297 e. The minimum Gasteiger partial charge on any atom is -0.265 e. The van der Waals surface area contributed by atoms with E-state index in [4.69, 9.17) is 0 Å². The van der Waals surface area contributed by atoms with Gasteiger partial charge in [0.1, 0.15) is 5.69 Å². The molecule has 4 rings (SSSR count). The molecule has 0 saturated heterocycles. The maximum absolute atomic E-state index is 12.9. The summed E-state index contributed by atoms with van der Waals surface area (Å²) in [5.41, 5.74) is 3.06. The predicted molar refractivity (Wildman–Crippen MR) is 114 cm³/mol. The molecule has 1 aliphatic rings. The van der Waals surface area contributed by atoms with E-state index in [1.54, 1.807) is 11.8 Å². The second-order valence-corrected chi connectivity index (χ2v) is 8.65. The summed E-state index contributed by atoms with van der Waals surface area (Å²) >= 11 is 6.60. The molecule has 1 aromatic heterocycles. The fraction of sp³-hybridized carbons (Fsp3) is 0.158. The fourth-order valence-corrected chi connectivity index (χ4v) is 4.20. The van der Waals surface area contributed by atoms with Gasteiger partial charge in [-0.3, -0.25) is 4.79 Å².